The predicted molar refractivity (Wildman–Crippen MR) is 239 cm³/mol. The molecule has 0 aliphatic rings. The molecule has 0 heterocycles. The quantitative estimate of drug-likeness (QED) is 0.147. The summed E-state index contributed by atoms with van der Waals surface area (Å²) in [5.41, 5.74) is 18.5. The van der Waals surface area contributed by atoms with Crippen LogP contribution in [0.15, 0.2) is 231 Å². The first-order chi connectivity index (χ1) is 27.7. The van der Waals surface area contributed by atoms with Crippen molar-refractivity contribution in [2.45, 2.75) is 0 Å². The minimum Gasteiger partial charge on any atom is -0.356 e. The number of rotatable bonds is 10. The Morgan fingerprint density at radius 3 is 0.768 bits per heavy atom. The molecule has 9 aromatic carbocycles. The molecule has 2 N–H and O–H groups in total. The molecule has 0 radical (unpaired) electrons. The molecule has 0 aliphatic carbocycles. The molecular formula is C54H40N2. The molecular weight excluding hydrogens is 677 g/mol. The highest BCUT2D eigenvalue weighted by Crippen LogP contribution is 2.39. The van der Waals surface area contributed by atoms with Crippen LogP contribution in [0.5, 0.6) is 0 Å². The van der Waals surface area contributed by atoms with Crippen LogP contribution < -0.4 is 10.6 Å². The van der Waals surface area contributed by atoms with Crippen LogP contribution in [-0.4, -0.2) is 0 Å². The molecule has 0 aromatic heterocycles. The van der Waals surface area contributed by atoms with Crippen LogP contribution in [0.4, 0.5) is 22.7 Å². The van der Waals surface area contributed by atoms with Crippen molar-refractivity contribution in [3.8, 4) is 66.8 Å². The second-order valence-corrected chi connectivity index (χ2v) is 14.0. The second-order valence-electron chi connectivity index (χ2n) is 14.0. The molecule has 56 heavy (non-hydrogen) atoms. The van der Waals surface area contributed by atoms with Gasteiger partial charge in [0, 0.05) is 22.7 Å². The SMILES string of the molecule is c1ccc(-c2ccc(Nc3ccc(-c4ccc(-c5ccc(Nc6ccc(-c7ccccc7)cc6)cc5-c5ccccc5)cc4)c(-c4ccccc4)c3)cc2)cc1. The number of benzene rings is 9. The van der Waals surface area contributed by atoms with Crippen LogP contribution >= 0.6 is 0 Å². The molecule has 0 atom stereocenters. The van der Waals surface area contributed by atoms with Gasteiger partial charge in [-0.3, -0.25) is 0 Å². The van der Waals surface area contributed by atoms with E-state index in [0.29, 0.717) is 0 Å². The highest BCUT2D eigenvalue weighted by Gasteiger charge is 2.13. The number of hydrogen-bond acceptors (Lipinski definition) is 2. The average molecular weight is 717 g/mol. The fourth-order valence-corrected chi connectivity index (χ4v) is 7.38. The third-order valence-electron chi connectivity index (χ3n) is 10.3. The minimum absolute atomic E-state index is 1.05. The van der Waals surface area contributed by atoms with E-state index in [4.69, 9.17) is 0 Å². The standard InChI is InChI=1S/C54H40N2/c1-5-13-39(14-6-1)41-25-29-47(30-26-41)55-49-33-35-51(53(37-49)43-17-9-3-10-18-43)45-21-23-46(24-22-45)52-36-34-50(38-54(52)44-19-11-4-12-20-44)56-48-31-27-42(28-32-48)40-15-7-2-8-16-40/h1-38,55-56H. The molecule has 0 amide bonds. The van der Waals surface area contributed by atoms with Crippen molar-refractivity contribution in [1.82, 2.24) is 0 Å². The molecule has 0 fully saturated rings. The summed E-state index contributed by atoms with van der Waals surface area (Å²) >= 11 is 0. The van der Waals surface area contributed by atoms with Gasteiger partial charge in [-0.1, -0.05) is 182 Å². The average Bonchev–Trinajstić information content (AvgIpc) is 3.28. The van der Waals surface area contributed by atoms with Gasteiger partial charge in [0.25, 0.3) is 0 Å². The molecule has 0 bridgehead atoms. The van der Waals surface area contributed by atoms with Crippen LogP contribution in [0.3, 0.4) is 0 Å². The van der Waals surface area contributed by atoms with E-state index in [1.54, 1.807) is 0 Å². The monoisotopic (exact) mass is 716 g/mol. The van der Waals surface area contributed by atoms with Crippen LogP contribution in [0.1, 0.15) is 0 Å². The minimum atomic E-state index is 1.05. The molecule has 9 rings (SSSR count). The van der Waals surface area contributed by atoms with E-state index in [1.165, 1.54) is 66.8 Å². The Hall–Kier alpha value is -7.42. The first kappa shape index (κ1) is 34.4. The van der Waals surface area contributed by atoms with Gasteiger partial charge in [0.1, 0.15) is 0 Å². The maximum absolute atomic E-state index is 3.65. The summed E-state index contributed by atoms with van der Waals surface area (Å²) in [6.45, 7) is 0. The van der Waals surface area contributed by atoms with Gasteiger partial charge in [-0.15, -0.1) is 0 Å². The zero-order valence-electron chi connectivity index (χ0n) is 30.9. The van der Waals surface area contributed by atoms with Crippen molar-refractivity contribution in [2.75, 3.05) is 10.6 Å². The van der Waals surface area contributed by atoms with Crippen LogP contribution in [-0.2, 0) is 0 Å². The van der Waals surface area contributed by atoms with Gasteiger partial charge < -0.3 is 10.6 Å². The summed E-state index contributed by atoms with van der Waals surface area (Å²) in [7, 11) is 0. The lowest BCUT2D eigenvalue weighted by atomic mass is 9.90. The van der Waals surface area contributed by atoms with E-state index in [-0.39, 0.29) is 0 Å². The van der Waals surface area contributed by atoms with E-state index in [9.17, 15) is 0 Å². The maximum Gasteiger partial charge on any atom is 0.0390 e. The Kier molecular flexibility index (Phi) is 9.75. The summed E-state index contributed by atoms with van der Waals surface area (Å²) in [6.07, 6.45) is 0. The Balaban J connectivity index is 1.00. The van der Waals surface area contributed by atoms with Crippen molar-refractivity contribution in [1.29, 1.82) is 0 Å². The van der Waals surface area contributed by atoms with E-state index >= 15 is 0 Å². The smallest absolute Gasteiger partial charge is 0.0390 e. The lowest BCUT2D eigenvalue weighted by Gasteiger charge is -2.16. The third-order valence-corrected chi connectivity index (χ3v) is 10.3. The van der Waals surface area contributed by atoms with Gasteiger partial charge in [0.15, 0.2) is 0 Å². The highest BCUT2D eigenvalue weighted by atomic mass is 14.9. The van der Waals surface area contributed by atoms with Crippen LogP contribution in [0.25, 0.3) is 66.8 Å². The van der Waals surface area contributed by atoms with E-state index in [2.05, 4.69) is 229 Å². The first-order valence-corrected chi connectivity index (χ1v) is 19.1. The zero-order valence-corrected chi connectivity index (χ0v) is 30.9. The van der Waals surface area contributed by atoms with E-state index in [1.807, 2.05) is 12.1 Å². The molecule has 2 nitrogen and oxygen atoms in total. The first-order valence-electron chi connectivity index (χ1n) is 19.1. The number of hydrogen-bond donors (Lipinski definition) is 2. The Morgan fingerprint density at radius 1 is 0.179 bits per heavy atom. The Morgan fingerprint density at radius 2 is 0.429 bits per heavy atom. The largest absolute Gasteiger partial charge is 0.356 e. The lowest BCUT2D eigenvalue weighted by molar-refractivity contribution is 1.51. The third kappa shape index (κ3) is 7.64. The predicted octanol–water partition coefficient (Wildman–Crippen LogP) is 15.2. The van der Waals surface area contributed by atoms with Crippen molar-refractivity contribution in [3.05, 3.63) is 231 Å². The molecule has 2 heteroatoms. The van der Waals surface area contributed by atoms with Gasteiger partial charge in [-0.05, 0) is 115 Å². The Bertz CT molecular complexity index is 2480. The summed E-state index contributed by atoms with van der Waals surface area (Å²) in [5.74, 6) is 0. The molecule has 0 unspecified atom stereocenters. The normalized spacial score (nSPS) is 10.9. The molecule has 0 aliphatic heterocycles. The summed E-state index contributed by atoms with van der Waals surface area (Å²) in [4.78, 5) is 0. The summed E-state index contributed by atoms with van der Waals surface area (Å²) in [5, 5.41) is 7.30. The van der Waals surface area contributed by atoms with Gasteiger partial charge in [0.05, 0.1) is 0 Å². The zero-order chi connectivity index (χ0) is 37.5. The fourth-order valence-electron chi connectivity index (χ4n) is 7.38. The fraction of sp³-hybridized carbons (Fsp3) is 0. The van der Waals surface area contributed by atoms with Gasteiger partial charge in [-0.2, -0.15) is 0 Å². The van der Waals surface area contributed by atoms with Crippen molar-refractivity contribution < 1.29 is 0 Å². The van der Waals surface area contributed by atoms with Gasteiger partial charge >= 0.3 is 0 Å². The van der Waals surface area contributed by atoms with Crippen LogP contribution in [0.2, 0.25) is 0 Å². The van der Waals surface area contributed by atoms with E-state index in [0.717, 1.165) is 22.7 Å². The topological polar surface area (TPSA) is 24.1 Å². The van der Waals surface area contributed by atoms with Gasteiger partial charge in [-0.25, -0.2) is 0 Å². The van der Waals surface area contributed by atoms with E-state index < -0.39 is 0 Å². The van der Waals surface area contributed by atoms with Gasteiger partial charge in [0.2, 0.25) is 0 Å². The van der Waals surface area contributed by atoms with Crippen molar-refractivity contribution >= 4 is 22.7 Å². The second kappa shape index (κ2) is 15.9. The van der Waals surface area contributed by atoms with Crippen LogP contribution in [0, 0.1) is 0 Å². The number of anilines is 4. The molecule has 9 aromatic rings. The van der Waals surface area contributed by atoms with Crippen molar-refractivity contribution in [3.63, 3.8) is 0 Å². The molecule has 0 saturated carbocycles. The lowest BCUT2D eigenvalue weighted by Crippen LogP contribution is -1.94. The molecule has 0 spiro atoms. The maximum atomic E-state index is 3.65. The summed E-state index contributed by atoms with van der Waals surface area (Å²) in [6, 6.07) is 81.9. The highest BCUT2D eigenvalue weighted by molar-refractivity contribution is 5.90. The Labute approximate surface area is 329 Å². The summed E-state index contributed by atoms with van der Waals surface area (Å²) < 4.78 is 0. The van der Waals surface area contributed by atoms with Crippen molar-refractivity contribution in [2.24, 2.45) is 0 Å². The molecule has 266 valence electrons. The molecule has 0 saturated heterocycles. The number of nitrogens with one attached hydrogen (secondary N) is 2.